The zero-order chi connectivity index (χ0) is 8.91. The summed E-state index contributed by atoms with van der Waals surface area (Å²) in [6, 6.07) is 0.493. The number of aliphatic hydroxyl groups is 1. The molecule has 0 aliphatic carbocycles. The number of hydrogen-bond acceptors (Lipinski definition) is 2. The molecule has 2 unspecified atom stereocenters. The van der Waals surface area contributed by atoms with E-state index >= 15 is 0 Å². The Labute approximate surface area is 70.0 Å². The third kappa shape index (κ3) is 3.73. The summed E-state index contributed by atoms with van der Waals surface area (Å²) in [6.07, 6.45) is 2.07. The van der Waals surface area contributed by atoms with Gasteiger partial charge in [0.25, 0.3) is 0 Å². The summed E-state index contributed by atoms with van der Waals surface area (Å²) in [5.41, 5.74) is -0.0879. The smallest absolute Gasteiger partial charge is 0.0610 e. The number of aliphatic hydroxyl groups excluding tert-OH is 1. The molecule has 0 aliphatic rings. The molecule has 0 aromatic carbocycles. The molecule has 0 bridgehead atoms. The molecular weight excluding hydrogens is 138 g/mol. The molecule has 0 heterocycles. The fourth-order valence-corrected chi connectivity index (χ4v) is 0.956. The lowest BCUT2D eigenvalue weighted by molar-refractivity contribution is 0.158. The van der Waals surface area contributed by atoms with Gasteiger partial charge in [-0.05, 0) is 26.7 Å². The summed E-state index contributed by atoms with van der Waals surface area (Å²) < 4.78 is 0. The normalized spacial score (nSPS) is 19.4. The van der Waals surface area contributed by atoms with Crippen LogP contribution in [-0.4, -0.2) is 23.3 Å². The maximum atomic E-state index is 9.07. The van der Waals surface area contributed by atoms with E-state index in [0.717, 1.165) is 12.8 Å². The van der Waals surface area contributed by atoms with Gasteiger partial charge in [-0.15, -0.1) is 0 Å². The molecule has 0 aromatic heterocycles. The van der Waals surface area contributed by atoms with Gasteiger partial charge >= 0.3 is 0 Å². The molecule has 0 spiro atoms. The van der Waals surface area contributed by atoms with E-state index in [2.05, 4.69) is 33.0 Å². The van der Waals surface area contributed by atoms with Crippen LogP contribution in [0.2, 0.25) is 0 Å². The maximum absolute atomic E-state index is 9.07. The van der Waals surface area contributed by atoms with Gasteiger partial charge in [-0.2, -0.15) is 0 Å². The Bertz CT molecular complexity index is 99.7. The highest BCUT2D eigenvalue weighted by Crippen LogP contribution is 2.09. The molecule has 11 heavy (non-hydrogen) atoms. The van der Waals surface area contributed by atoms with Gasteiger partial charge in [0.1, 0.15) is 0 Å². The zero-order valence-electron chi connectivity index (χ0n) is 8.15. The lowest BCUT2D eigenvalue weighted by Crippen LogP contribution is -2.49. The van der Waals surface area contributed by atoms with E-state index in [-0.39, 0.29) is 12.1 Å². The lowest BCUT2D eigenvalue weighted by Gasteiger charge is -2.30. The molecule has 0 aromatic rings. The molecule has 0 radical (unpaired) electrons. The van der Waals surface area contributed by atoms with Crippen molar-refractivity contribution < 1.29 is 5.11 Å². The monoisotopic (exact) mass is 159 g/mol. The first-order valence-corrected chi connectivity index (χ1v) is 4.46. The van der Waals surface area contributed by atoms with E-state index in [1.807, 2.05) is 0 Å². The molecule has 68 valence electrons. The van der Waals surface area contributed by atoms with Gasteiger partial charge in [0.15, 0.2) is 0 Å². The second-order valence-electron chi connectivity index (χ2n) is 3.53. The second-order valence-corrected chi connectivity index (χ2v) is 3.53. The Morgan fingerprint density at radius 1 is 1.45 bits per heavy atom. The molecule has 2 nitrogen and oxygen atoms in total. The van der Waals surface area contributed by atoms with E-state index in [1.165, 1.54) is 0 Å². The van der Waals surface area contributed by atoms with E-state index in [1.54, 1.807) is 0 Å². The first-order chi connectivity index (χ1) is 5.08. The molecule has 0 fully saturated rings. The third-order valence-electron chi connectivity index (χ3n) is 2.34. The van der Waals surface area contributed by atoms with Crippen LogP contribution in [0.4, 0.5) is 0 Å². The van der Waals surface area contributed by atoms with E-state index in [0.29, 0.717) is 6.04 Å². The van der Waals surface area contributed by atoms with Crippen molar-refractivity contribution in [2.24, 2.45) is 0 Å². The van der Waals surface area contributed by atoms with Crippen molar-refractivity contribution in [2.75, 3.05) is 6.61 Å². The Balaban J connectivity index is 3.86. The van der Waals surface area contributed by atoms with Gasteiger partial charge in [0, 0.05) is 11.6 Å². The summed E-state index contributed by atoms with van der Waals surface area (Å²) in [4.78, 5) is 0. The minimum Gasteiger partial charge on any atom is -0.394 e. The van der Waals surface area contributed by atoms with Crippen molar-refractivity contribution in [2.45, 2.75) is 52.1 Å². The molecule has 2 N–H and O–H groups in total. The standard InChI is InChI=1S/C9H21NO/c1-5-8(3)10-9(4,6-2)7-11/h8,10-11H,5-7H2,1-4H3. The first kappa shape index (κ1) is 10.9. The van der Waals surface area contributed by atoms with Crippen LogP contribution in [0.3, 0.4) is 0 Å². The van der Waals surface area contributed by atoms with Crippen molar-refractivity contribution in [1.82, 2.24) is 5.32 Å². The van der Waals surface area contributed by atoms with Crippen LogP contribution in [0.25, 0.3) is 0 Å². The highest BCUT2D eigenvalue weighted by Gasteiger charge is 2.21. The van der Waals surface area contributed by atoms with Crippen molar-refractivity contribution >= 4 is 0 Å². The summed E-state index contributed by atoms with van der Waals surface area (Å²) in [5.74, 6) is 0. The Kier molecular flexibility index (Phi) is 4.69. The van der Waals surface area contributed by atoms with E-state index in [4.69, 9.17) is 5.11 Å². The minimum absolute atomic E-state index is 0.0879. The Hall–Kier alpha value is -0.0800. The van der Waals surface area contributed by atoms with Gasteiger partial charge in [0.05, 0.1) is 6.61 Å². The van der Waals surface area contributed by atoms with Crippen LogP contribution >= 0.6 is 0 Å². The van der Waals surface area contributed by atoms with Crippen LogP contribution in [0.5, 0.6) is 0 Å². The van der Waals surface area contributed by atoms with Crippen molar-refractivity contribution in [3.63, 3.8) is 0 Å². The quantitative estimate of drug-likeness (QED) is 0.637. The predicted octanol–water partition coefficient (Wildman–Crippen LogP) is 1.54. The molecule has 0 rings (SSSR count). The third-order valence-corrected chi connectivity index (χ3v) is 2.34. The largest absolute Gasteiger partial charge is 0.394 e. The van der Waals surface area contributed by atoms with Gasteiger partial charge in [-0.1, -0.05) is 13.8 Å². The van der Waals surface area contributed by atoms with Gasteiger partial charge < -0.3 is 10.4 Å². The van der Waals surface area contributed by atoms with Crippen LogP contribution in [0.1, 0.15) is 40.5 Å². The molecule has 0 aliphatic heterocycles. The van der Waals surface area contributed by atoms with Crippen molar-refractivity contribution in [3.05, 3.63) is 0 Å². The number of hydrogen-bond donors (Lipinski definition) is 2. The number of rotatable bonds is 5. The highest BCUT2D eigenvalue weighted by molar-refractivity contribution is 4.82. The summed E-state index contributed by atoms with van der Waals surface area (Å²) in [5, 5.41) is 12.5. The minimum atomic E-state index is -0.0879. The first-order valence-electron chi connectivity index (χ1n) is 4.46. The van der Waals surface area contributed by atoms with Gasteiger partial charge in [-0.25, -0.2) is 0 Å². The maximum Gasteiger partial charge on any atom is 0.0610 e. The lowest BCUT2D eigenvalue weighted by atomic mass is 9.98. The van der Waals surface area contributed by atoms with Crippen LogP contribution in [0.15, 0.2) is 0 Å². The van der Waals surface area contributed by atoms with Crippen LogP contribution in [0, 0.1) is 0 Å². The van der Waals surface area contributed by atoms with Crippen LogP contribution < -0.4 is 5.32 Å². The van der Waals surface area contributed by atoms with E-state index < -0.39 is 0 Å². The molecule has 2 heteroatoms. The van der Waals surface area contributed by atoms with Gasteiger partial charge in [0.2, 0.25) is 0 Å². The molecular formula is C9H21NO. The molecule has 2 atom stereocenters. The second kappa shape index (κ2) is 4.73. The van der Waals surface area contributed by atoms with E-state index in [9.17, 15) is 0 Å². The Morgan fingerprint density at radius 3 is 2.27 bits per heavy atom. The fourth-order valence-electron chi connectivity index (χ4n) is 0.956. The van der Waals surface area contributed by atoms with Crippen LogP contribution in [-0.2, 0) is 0 Å². The number of nitrogens with one attached hydrogen (secondary N) is 1. The molecule has 0 saturated heterocycles. The van der Waals surface area contributed by atoms with Crippen molar-refractivity contribution in [1.29, 1.82) is 0 Å². The van der Waals surface area contributed by atoms with Gasteiger partial charge in [-0.3, -0.25) is 0 Å². The highest BCUT2D eigenvalue weighted by atomic mass is 16.3. The predicted molar refractivity (Wildman–Crippen MR) is 48.7 cm³/mol. The molecule has 0 saturated carbocycles. The average Bonchev–Trinajstić information content (AvgIpc) is 2.04. The SMILES string of the molecule is CCC(C)NC(C)(CC)CO. The van der Waals surface area contributed by atoms with Crippen molar-refractivity contribution in [3.8, 4) is 0 Å². The zero-order valence-corrected chi connectivity index (χ0v) is 8.15. The fraction of sp³-hybridized carbons (Fsp3) is 1.00. The summed E-state index contributed by atoms with van der Waals surface area (Å²) >= 11 is 0. The summed E-state index contributed by atoms with van der Waals surface area (Å²) in [7, 11) is 0. The molecule has 0 amide bonds. The topological polar surface area (TPSA) is 32.3 Å². The summed E-state index contributed by atoms with van der Waals surface area (Å²) in [6.45, 7) is 8.65. The average molecular weight is 159 g/mol. The Morgan fingerprint density at radius 2 is 2.00 bits per heavy atom.